The van der Waals surface area contributed by atoms with Crippen LogP contribution in [-0.4, -0.2) is 57.1 Å². The molecule has 10 nitrogen and oxygen atoms in total. The quantitative estimate of drug-likeness (QED) is 0.206. The highest BCUT2D eigenvalue weighted by atomic mass is 32.2. The SMILES string of the molecule is COc1ccc(N2C(=O)CSC2=NC(=O)NC2CCC(c3ccc(-c4ncn(-c5ccc(OC(F)(F)F)cc5)n4)cc3)C2)c(C(C)C)c1. The first-order valence-electron chi connectivity index (χ1n) is 15.4. The van der Waals surface area contributed by atoms with Crippen molar-refractivity contribution in [2.45, 2.75) is 57.3 Å². The van der Waals surface area contributed by atoms with E-state index >= 15 is 0 Å². The number of nitrogens with zero attached hydrogens (tertiary/aromatic N) is 5. The fourth-order valence-corrected chi connectivity index (χ4v) is 6.80. The van der Waals surface area contributed by atoms with Gasteiger partial charge in [-0.3, -0.25) is 9.69 Å². The van der Waals surface area contributed by atoms with Gasteiger partial charge in [0.2, 0.25) is 5.91 Å². The number of methoxy groups -OCH3 is 1. The van der Waals surface area contributed by atoms with Gasteiger partial charge in [0.1, 0.15) is 17.8 Å². The number of hydrogen-bond acceptors (Lipinski definition) is 7. The third-order valence-corrected chi connectivity index (χ3v) is 9.21. The smallest absolute Gasteiger partial charge is 0.497 e. The number of hydrogen-bond donors (Lipinski definition) is 1. The van der Waals surface area contributed by atoms with Crippen LogP contribution in [0.1, 0.15) is 56.1 Å². The number of halogens is 3. The highest BCUT2D eigenvalue weighted by Gasteiger charge is 2.34. The van der Waals surface area contributed by atoms with Crippen molar-refractivity contribution in [3.63, 3.8) is 0 Å². The van der Waals surface area contributed by atoms with Crippen LogP contribution in [0.4, 0.5) is 23.7 Å². The summed E-state index contributed by atoms with van der Waals surface area (Å²) in [5.74, 6) is 1.30. The molecule has 2 heterocycles. The van der Waals surface area contributed by atoms with Crippen LogP contribution in [0.2, 0.25) is 0 Å². The van der Waals surface area contributed by atoms with Gasteiger partial charge < -0.3 is 14.8 Å². The number of benzene rings is 3. The van der Waals surface area contributed by atoms with Crippen molar-refractivity contribution in [3.05, 3.63) is 84.2 Å². The van der Waals surface area contributed by atoms with Gasteiger partial charge in [-0.1, -0.05) is 49.9 Å². The van der Waals surface area contributed by atoms with Crippen LogP contribution >= 0.6 is 11.8 Å². The molecule has 2 atom stereocenters. The molecule has 1 aromatic heterocycles. The van der Waals surface area contributed by atoms with Crippen molar-refractivity contribution < 1.29 is 32.2 Å². The van der Waals surface area contributed by atoms with Crippen LogP contribution < -0.4 is 19.7 Å². The Labute approximate surface area is 279 Å². The number of rotatable bonds is 8. The first kappa shape index (κ1) is 33.1. The topological polar surface area (TPSA) is 111 Å². The maximum Gasteiger partial charge on any atom is 0.573 e. The number of amides is 3. The summed E-state index contributed by atoms with van der Waals surface area (Å²) in [6.45, 7) is 4.08. The van der Waals surface area contributed by atoms with Crippen molar-refractivity contribution in [3.8, 4) is 28.6 Å². The average molecular weight is 679 g/mol. The van der Waals surface area contributed by atoms with Crippen LogP contribution in [0.15, 0.2) is 78.0 Å². The highest BCUT2D eigenvalue weighted by Crippen LogP contribution is 2.37. The lowest BCUT2D eigenvalue weighted by atomic mass is 9.96. The molecule has 48 heavy (non-hydrogen) atoms. The molecule has 1 saturated carbocycles. The zero-order valence-corrected chi connectivity index (χ0v) is 27.2. The largest absolute Gasteiger partial charge is 0.573 e. The molecule has 2 unspecified atom stereocenters. The standard InChI is InChI=1S/C34H33F3N6O4S/c1-20(2)28-17-27(46-3)14-15-29(28)43-30(44)18-48-33(43)40-32(45)39-24-9-8-23(16-24)21-4-6-22(7-5-21)31-38-19-42(41-31)25-10-12-26(13-11-25)47-34(35,36)37/h4-7,10-15,17,19-20,23-24H,8-9,16,18H2,1-3H3,(H,39,45). The molecular weight excluding hydrogens is 645 g/mol. The Bertz CT molecular complexity index is 1830. The normalized spacial score (nSPS) is 18.9. The monoisotopic (exact) mass is 678 g/mol. The fourth-order valence-electron chi connectivity index (χ4n) is 5.94. The molecule has 3 aromatic carbocycles. The summed E-state index contributed by atoms with van der Waals surface area (Å²) in [7, 11) is 1.60. The maximum absolute atomic E-state index is 13.0. The Kier molecular flexibility index (Phi) is 9.45. The van der Waals surface area contributed by atoms with Gasteiger partial charge in [0, 0.05) is 11.6 Å². The second-order valence-electron chi connectivity index (χ2n) is 11.8. The third kappa shape index (κ3) is 7.48. The predicted octanol–water partition coefficient (Wildman–Crippen LogP) is 7.45. The lowest BCUT2D eigenvalue weighted by molar-refractivity contribution is -0.274. The molecule has 6 rings (SSSR count). The van der Waals surface area contributed by atoms with Gasteiger partial charge in [-0.05, 0) is 84.7 Å². The van der Waals surface area contributed by atoms with Crippen LogP contribution in [-0.2, 0) is 4.79 Å². The summed E-state index contributed by atoms with van der Waals surface area (Å²) < 4.78 is 48.1. The summed E-state index contributed by atoms with van der Waals surface area (Å²) in [6.07, 6.45) is -0.816. The number of carbonyl (C=O) groups excluding carboxylic acids is 2. The molecule has 1 aliphatic heterocycles. The van der Waals surface area contributed by atoms with Crippen LogP contribution in [0.5, 0.6) is 11.5 Å². The first-order valence-corrected chi connectivity index (χ1v) is 16.4. The van der Waals surface area contributed by atoms with E-state index in [0.717, 1.165) is 36.0 Å². The van der Waals surface area contributed by atoms with Gasteiger partial charge in [0.25, 0.3) is 0 Å². The highest BCUT2D eigenvalue weighted by molar-refractivity contribution is 8.15. The van der Waals surface area contributed by atoms with Crippen LogP contribution in [0.25, 0.3) is 17.1 Å². The number of amidine groups is 1. The average Bonchev–Trinajstić information content (AvgIpc) is 3.81. The Morgan fingerprint density at radius 2 is 1.77 bits per heavy atom. The van der Waals surface area contributed by atoms with Crippen molar-refractivity contribution in [2.75, 3.05) is 17.8 Å². The van der Waals surface area contributed by atoms with Crippen LogP contribution in [0, 0.1) is 0 Å². The molecule has 2 aliphatic rings. The summed E-state index contributed by atoms with van der Waals surface area (Å²) in [6, 6.07) is 18.3. The minimum Gasteiger partial charge on any atom is -0.497 e. The molecule has 14 heteroatoms. The summed E-state index contributed by atoms with van der Waals surface area (Å²) in [5, 5.41) is 7.86. The van der Waals surface area contributed by atoms with Gasteiger partial charge in [0.15, 0.2) is 11.0 Å². The zero-order valence-electron chi connectivity index (χ0n) is 26.4. The lowest BCUT2D eigenvalue weighted by Crippen LogP contribution is -2.34. The molecule has 1 aliphatic carbocycles. The zero-order chi connectivity index (χ0) is 34.0. The minimum atomic E-state index is -4.76. The molecule has 250 valence electrons. The van der Waals surface area contributed by atoms with Gasteiger partial charge in [0.05, 0.1) is 24.2 Å². The van der Waals surface area contributed by atoms with Crippen LogP contribution in [0.3, 0.4) is 0 Å². The molecule has 0 bridgehead atoms. The molecule has 2 fully saturated rings. The summed E-state index contributed by atoms with van der Waals surface area (Å²) in [4.78, 5) is 36.1. The number of thioether (sulfide) groups is 1. The van der Waals surface area contributed by atoms with E-state index in [0.29, 0.717) is 28.1 Å². The van der Waals surface area contributed by atoms with Crippen molar-refractivity contribution in [1.82, 2.24) is 20.1 Å². The molecular formula is C34H33F3N6O4S. The Morgan fingerprint density at radius 1 is 1.04 bits per heavy atom. The lowest BCUT2D eigenvalue weighted by Gasteiger charge is -2.22. The van der Waals surface area contributed by atoms with Crippen molar-refractivity contribution in [2.24, 2.45) is 4.99 Å². The molecule has 1 saturated heterocycles. The number of aliphatic imine (C=N–C) groups is 1. The predicted molar refractivity (Wildman–Crippen MR) is 177 cm³/mol. The van der Waals surface area contributed by atoms with Gasteiger partial charge in [-0.2, -0.15) is 4.99 Å². The van der Waals surface area contributed by atoms with E-state index in [1.54, 1.807) is 13.2 Å². The maximum atomic E-state index is 13.0. The van der Waals surface area contributed by atoms with E-state index in [-0.39, 0.29) is 35.3 Å². The van der Waals surface area contributed by atoms with Gasteiger partial charge >= 0.3 is 12.4 Å². The number of anilines is 1. The van der Waals surface area contributed by atoms with E-state index in [9.17, 15) is 22.8 Å². The second-order valence-corrected chi connectivity index (χ2v) is 12.8. The van der Waals surface area contributed by atoms with Gasteiger partial charge in [-0.25, -0.2) is 14.5 Å². The van der Waals surface area contributed by atoms with E-state index in [1.165, 1.54) is 51.9 Å². The van der Waals surface area contributed by atoms with E-state index in [4.69, 9.17) is 4.74 Å². The minimum absolute atomic E-state index is 0.0559. The number of alkyl halides is 3. The molecule has 0 radical (unpaired) electrons. The number of urea groups is 1. The summed E-state index contributed by atoms with van der Waals surface area (Å²) in [5.41, 5.74) is 4.09. The van der Waals surface area contributed by atoms with Crippen molar-refractivity contribution in [1.29, 1.82) is 0 Å². The molecule has 3 amide bonds. The molecule has 4 aromatic rings. The first-order chi connectivity index (χ1) is 23.0. The van der Waals surface area contributed by atoms with Crippen molar-refractivity contribution >= 4 is 34.6 Å². The molecule has 1 N–H and O–H groups in total. The Hall–Kier alpha value is -4.85. The van der Waals surface area contributed by atoms with Gasteiger partial charge in [-0.15, -0.1) is 18.3 Å². The fraction of sp³-hybridized carbons (Fsp3) is 0.324. The number of nitrogens with one attached hydrogen (secondary N) is 1. The second kappa shape index (κ2) is 13.7. The number of carbonyl (C=O) groups is 2. The van der Waals surface area contributed by atoms with E-state index < -0.39 is 12.4 Å². The number of aromatic nitrogens is 3. The molecule has 0 spiro atoms. The van der Waals surface area contributed by atoms with E-state index in [2.05, 4.69) is 25.1 Å². The third-order valence-electron chi connectivity index (χ3n) is 8.29. The summed E-state index contributed by atoms with van der Waals surface area (Å²) >= 11 is 1.25. The van der Waals surface area contributed by atoms with E-state index in [1.807, 2.05) is 50.2 Å². The Morgan fingerprint density at radius 3 is 2.46 bits per heavy atom. The Balaban J connectivity index is 1.07. The number of ether oxygens (including phenoxy) is 2.